The summed E-state index contributed by atoms with van der Waals surface area (Å²) in [5.41, 5.74) is 0. The van der Waals surface area contributed by atoms with Gasteiger partial charge in [0, 0.05) is 10.8 Å². The van der Waals surface area contributed by atoms with E-state index in [2.05, 4.69) is 26.1 Å². The van der Waals surface area contributed by atoms with Gasteiger partial charge in [0.1, 0.15) is 5.75 Å². The van der Waals surface area contributed by atoms with E-state index in [1.165, 1.54) is 16.4 Å². The van der Waals surface area contributed by atoms with Crippen molar-refractivity contribution in [3.63, 3.8) is 0 Å². The van der Waals surface area contributed by atoms with Crippen molar-refractivity contribution in [2.24, 2.45) is 0 Å². The van der Waals surface area contributed by atoms with E-state index in [9.17, 15) is 0 Å². The maximum atomic E-state index is 5.98. The third-order valence-electron chi connectivity index (χ3n) is 2.87. The Kier molecular flexibility index (Phi) is 5.14. The standard InChI is InChI=1S/C14H12BrClN4O2S/c15-10-8-9(16)3-4-11(10)22-6-7-23-14-19-18-13(20(14)17)12-2-1-5-21-12/h1-5,8H,6-7,17H2. The third-order valence-corrected chi connectivity index (χ3v) is 4.63. The molecular formula is C14H12BrClN4O2S. The quantitative estimate of drug-likeness (QED) is 0.374. The van der Waals surface area contributed by atoms with E-state index < -0.39 is 0 Å². The summed E-state index contributed by atoms with van der Waals surface area (Å²) in [5, 5.41) is 9.33. The SMILES string of the molecule is Nn1c(SCCOc2ccc(Cl)cc2Br)nnc1-c1ccco1. The molecule has 1 aromatic carbocycles. The lowest BCUT2D eigenvalue weighted by atomic mass is 10.3. The fourth-order valence-electron chi connectivity index (χ4n) is 1.83. The number of hydrogen-bond donors (Lipinski definition) is 1. The van der Waals surface area contributed by atoms with Gasteiger partial charge in [-0.3, -0.25) is 0 Å². The summed E-state index contributed by atoms with van der Waals surface area (Å²) in [5.74, 6) is 8.44. The number of hydrogen-bond acceptors (Lipinski definition) is 6. The van der Waals surface area contributed by atoms with Gasteiger partial charge in [-0.2, -0.15) is 0 Å². The van der Waals surface area contributed by atoms with Crippen LogP contribution in [0.2, 0.25) is 5.02 Å². The van der Waals surface area contributed by atoms with Crippen LogP contribution in [0.25, 0.3) is 11.6 Å². The zero-order chi connectivity index (χ0) is 16.2. The number of aromatic nitrogens is 3. The first-order valence-corrected chi connectivity index (χ1v) is 8.76. The first-order chi connectivity index (χ1) is 11.1. The van der Waals surface area contributed by atoms with Gasteiger partial charge in [-0.25, -0.2) is 4.68 Å². The summed E-state index contributed by atoms with van der Waals surface area (Å²) in [4.78, 5) is 0. The van der Waals surface area contributed by atoms with Crippen molar-refractivity contribution in [1.82, 2.24) is 14.9 Å². The number of rotatable bonds is 6. The number of ether oxygens (including phenoxy) is 1. The molecular weight excluding hydrogens is 404 g/mol. The second kappa shape index (κ2) is 7.29. The van der Waals surface area contributed by atoms with Crippen LogP contribution in [0.3, 0.4) is 0 Å². The van der Waals surface area contributed by atoms with Crippen LogP contribution in [-0.2, 0) is 0 Å². The van der Waals surface area contributed by atoms with E-state index >= 15 is 0 Å². The van der Waals surface area contributed by atoms with Gasteiger partial charge in [0.15, 0.2) is 5.76 Å². The lowest BCUT2D eigenvalue weighted by Crippen LogP contribution is -2.12. The van der Waals surface area contributed by atoms with E-state index in [1.54, 1.807) is 30.5 Å². The van der Waals surface area contributed by atoms with E-state index in [-0.39, 0.29) is 0 Å². The lowest BCUT2D eigenvalue weighted by Gasteiger charge is -2.08. The summed E-state index contributed by atoms with van der Waals surface area (Å²) in [6.45, 7) is 0.494. The predicted molar refractivity (Wildman–Crippen MR) is 93.2 cm³/mol. The van der Waals surface area contributed by atoms with Crippen molar-refractivity contribution in [3.8, 4) is 17.3 Å². The number of halogens is 2. The van der Waals surface area contributed by atoms with Crippen LogP contribution < -0.4 is 10.6 Å². The summed E-state index contributed by atoms with van der Waals surface area (Å²) < 4.78 is 13.2. The molecule has 2 N–H and O–H groups in total. The lowest BCUT2D eigenvalue weighted by molar-refractivity contribution is 0.341. The first-order valence-electron chi connectivity index (χ1n) is 6.60. The molecule has 0 saturated carbocycles. The monoisotopic (exact) mass is 414 g/mol. The highest BCUT2D eigenvalue weighted by Crippen LogP contribution is 2.28. The van der Waals surface area contributed by atoms with Crippen molar-refractivity contribution in [2.45, 2.75) is 5.16 Å². The van der Waals surface area contributed by atoms with Gasteiger partial charge in [0.2, 0.25) is 11.0 Å². The second-order valence-electron chi connectivity index (χ2n) is 4.43. The number of nitrogens with two attached hydrogens (primary N) is 1. The molecule has 0 aliphatic rings. The highest BCUT2D eigenvalue weighted by molar-refractivity contribution is 9.10. The topological polar surface area (TPSA) is 79.1 Å². The Bertz CT molecular complexity index is 794. The van der Waals surface area contributed by atoms with Gasteiger partial charge in [-0.05, 0) is 46.3 Å². The minimum atomic E-state index is 0.485. The minimum Gasteiger partial charge on any atom is -0.492 e. The highest BCUT2D eigenvalue weighted by Gasteiger charge is 2.14. The molecule has 9 heteroatoms. The van der Waals surface area contributed by atoms with Crippen molar-refractivity contribution in [3.05, 3.63) is 46.1 Å². The summed E-state index contributed by atoms with van der Waals surface area (Å²) in [6.07, 6.45) is 1.56. The van der Waals surface area contributed by atoms with Crippen molar-refractivity contribution in [2.75, 3.05) is 18.2 Å². The molecule has 0 radical (unpaired) electrons. The molecule has 0 aliphatic heterocycles. The van der Waals surface area contributed by atoms with Crippen LogP contribution in [0.4, 0.5) is 0 Å². The molecule has 2 heterocycles. The second-order valence-corrected chi connectivity index (χ2v) is 6.78. The summed E-state index contributed by atoms with van der Waals surface area (Å²) >= 11 is 10.7. The predicted octanol–water partition coefficient (Wildman–Crippen LogP) is 3.84. The zero-order valence-corrected chi connectivity index (χ0v) is 14.9. The zero-order valence-electron chi connectivity index (χ0n) is 11.8. The molecule has 0 spiro atoms. The Morgan fingerprint density at radius 1 is 1.35 bits per heavy atom. The maximum Gasteiger partial charge on any atom is 0.218 e. The Hall–Kier alpha value is -1.64. The van der Waals surface area contributed by atoms with Crippen molar-refractivity contribution >= 4 is 39.3 Å². The molecule has 0 saturated heterocycles. The van der Waals surface area contributed by atoms with Crippen molar-refractivity contribution < 1.29 is 9.15 Å². The molecule has 0 aliphatic carbocycles. The Balaban J connectivity index is 1.55. The van der Waals surface area contributed by atoms with Crippen LogP contribution in [0, 0.1) is 0 Å². The molecule has 0 fully saturated rings. The highest BCUT2D eigenvalue weighted by atomic mass is 79.9. The van der Waals surface area contributed by atoms with Crippen LogP contribution >= 0.6 is 39.3 Å². The molecule has 3 rings (SSSR count). The first kappa shape index (κ1) is 16.2. The van der Waals surface area contributed by atoms with E-state index in [0.29, 0.717) is 34.1 Å². The van der Waals surface area contributed by atoms with Gasteiger partial charge in [0.05, 0.1) is 17.3 Å². The van der Waals surface area contributed by atoms with Gasteiger partial charge in [-0.1, -0.05) is 23.4 Å². The van der Waals surface area contributed by atoms with E-state index in [1.807, 2.05) is 6.07 Å². The number of thioether (sulfide) groups is 1. The fourth-order valence-corrected chi connectivity index (χ4v) is 3.30. The van der Waals surface area contributed by atoms with Gasteiger partial charge < -0.3 is 15.0 Å². The molecule has 2 aromatic heterocycles. The molecule has 0 amide bonds. The molecule has 6 nitrogen and oxygen atoms in total. The third kappa shape index (κ3) is 3.82. The van der Waals surface area contributed by atoms with Crippen LogP contribution in [0.1, 0.15) is 0 Å². The molecule has 0 atom stereocenters. The van der Waals surface area contributed by atoms with Gasteiger partial charge in [-0.15, -0.1) is 10.2 Å². The Labute approximate surface area is 150 Å². The molecule has 3 aromatic rings. The number of furan rings is 1. The molecule has 0 unspecified atom stereocenters. The normalized spacial score (nSPS) is 10.9. The average Bonchev–Trinajstić information content (AvgIpc) is 3.15. The Morgan fingerprint density at radius 3 is 2.96 bits per heavy atom. The van der Waals surface area contributed by atoms with Crippen molar-refractivity contribution in [1.29, 1.82) is 0 Å². The van der Waals surface area contributed by atoms with Crippen LogP contribution in [-0.4, -0.2) is 27.2 Å². The number of nitrogen functional groups attached to an aromatic ring is 1. The van der Waals surface area contributed by atoms with Crippen LogP contribution in [0.5, 0.6) is 5.75 Å². The van der Waals surface area contributed by atoms with E-state index in [0.717, 1.165) is 10.2 Å². The van der Waals surface area contributed by atoms with Gasteiger partial charge >= 0.3 is 0 Å². The smallest absolute Gasteiger partial charge is 0.218 e. The maximum absolute atomic E-state index is 5.98. The number of nitrogens with zero attached hydrogens (tertiary/aromatic N) is 3. The minimum absolute atomic E-state index is 0.485. The van der Waals surface area contributed by atoms with Gasteiger partial charge in [0.25, 0.3) is 0 Å². The van der Waals surface area contributed by atoms with E-state index in [4.69, 9.17) is 26.6 Å². The molecule has 23 heavy (non-hydrogen) atoms. The average molecular weight is 416 g/mol. The largest absolute Gasteiger partial charge is 0.492 e. The molecule has 120 valence electrons. The molecule has 0 bridgehead atoms. The summed E-state index contributed by atoms with van der Waals surface area (Å²) in [7, 11) is 0. The number of benzene rings is 1. The Morgan fingerprint density at radius 2 is 2.22 bits per heavy atom. The summed E-state index contributed by atoms with van der Waals surface area (Å²) in [6, 6.07) is 8.94. The fraction of sp³-hybridized carbons (Fsp3) is 0.143. The van der Waals surface area contributed by atoms with Crippen LogP contribution in [0.15, 0.2) is 50.6 Å².